The molecule has 0 bridgehead atoms. The molecule has 20 heavy (non-hydrogen) atoms. The third-order valence-electron chi connectivity index (χ3n) is 3.09. The van der Waals surface area contributed by atoms with Crippen LogP contribution in [0.1, 0.15) is 5.56 Å². The molecule has 1 heterocycles. The summed E-state index contributed by atoms with van der Waals surface area (Å²) in [6.45, 7) is 0.150. The number of aromatic nitrogens is 2. The minimum absolute atomic E-state index is 0.150. The second kappa shape index (κ2) is 5.06. The molecule has 0 N–H and O–H groups in total. The molecule has 2 aromatic carbocycles. The summed E-state index contributed by atoms with van der Waals surface area (Å²) in [5.74, 6) is -0.337. The highest BCUT2D eigenvalue weighted by Crippen LogP contribution is 2.14. The summed E-state index contributed by atoms with van der Waals surface area (Å²) in [4.78, 5) is 16.5. The number of rotatable bonds is 2. The van der Waals surface area contributed by atoms with Crippen LogP contribution in [0.5, 0.6) is 0 Å². The maximum Gasteiger partial charge on any atom is 0.261 e. The van der Waals surface area contributed by atoms with Gasteiger partial charge in [-0.3, -0.25) is 9.36 Å². The van der Waals surface area contributed by atoms with Crippen LogP contribution in [0.2, 0.25) is 5.02 Å². The summed E-state index contributed by atoms with van der Waals surface area (Å²) in [6.07, 6.45) is 1.41. The van der Waals surface area contributed by atoms with E-state index in [0.29, 0.717) is 21.5 Å². The normalized spacial score (nSPS) is 10.9. The van der Waals surface area contributed by atoms with Gasteiger partial charge in [-0.1, -0.05) is 29.8 Å². The molecule has 100 valence electrons. The molecular formula is C15H10ClFN2O. The summed E-state index contributed by atoms with van der Waals surface area (Å²) >= 11 is 5.86. The Hall–Kier alpha value is -2.20. The summed E-state index contributed by atoms with van der Waals surface area (Å²) in [6, 6.07) is 11.3. The molecule has 0 unspecified atom stereocenters. The average Bonchev–Trinajstić information content (AvgIpc) is 2.44. The molecule has 0 radical (unpaired) electrons. The lowest BCUT2D eigenvalue weighted by molar-refractivity contribution is 0.595. The number of benzene rings is 2. The second-order valence-electron chi connectivity index (χ2n) is 4.43. The molecule has 3 nitrogen and oxygen atoms in total. The van der Waals surface area contributed by atoms with Crippen molar-refractivity contribution in [3.8, 4) is 0 Å². The molecule has 0 aliphatic carbocycles. The van der Waals surface area contributed by atoms with Gasteiger partial charge in [0.1, 0.15) is 5.82 Å². The maximum atomic E-state index is 13.6. The van der Waals surface area contributed by atoms with Gasteiger partial charge in [-0.05, 0) is 24.3 Å². The largest absolute Gasteiger partial charge is 0.294 e. The van der Waals surface area contributed by atoms with Gasteiger partial charge in [-0.25, -0.2) is 9.37 Å². The lowest BCUT2D eigenvalue weighted by atomic mass is 10.2. The third-order valence-corrected chi connectivity index (χ3v) is 3.32. The van der Waals surface area contributed by atoms with E-state index in [1.807, 2.05) is 0 Å². The van der Waals surface area contributed by atoms with Crippen molar-refractivity contribution < 1.29 is 4.39 Å². The first-order valence-corrected chi connectivity index (χ1v) is 6.41. The minimum Gasteiger partial charge on any atom is -0.294 e. The van der Waals surface area contributed by atoms with Gasteiger partial charge >= 0.3 is 0 Å². The maximum absolute atomic E-state index is 13.6. The van der Waals surface area contributed by atoms with Gasteiger partial charge in [-0.2, -0.15) is 0 Å². The molecule has 0 saturated heterocycles. The first kappa shape index (κ1) is 12.8. The second-order valence-corrected chi connectivity index (χ2v) is 4.87. The molecular weight excluding hydrogens is 279 g/mol. The van der Waals surface area contributed by atoms with Crippen LogP contribution in [-0.4, -0.2) is 9.55 Å². The Morgan fingerprint density at radius 1 is 1.20 bits per heavy atom. The van der Waals surface area contributed by atoms with Gasteiger partial charge in [0.25, 0.3) is 5.56 Å². The van der Waals surface area contributed by atoms with Crippen molar-refractivity contribution >= 4 is 22.5 Å². The molecule has 3 rings (SSSR count). The Morgan fingerprint density at radius 2 is 2.00 bits per heavy atom. The highest BCUT2D eigenvalue weighted by atomic mass is 35.5. The van der Waals surface area contributed by atoms with Gasteiger partial charge in [0, 0.05) is 10.6 Å². The van der Waals surface area contributed by atoms with Crippen LogP contribution in [0.15, 0.2) is 53.6 Å². The fraction of sp³-hybridized carbons (Fsp3) is 0.0667. The monoisotopic (exact) mass is 288 g/mol. The van der Waals surface area contributed by atoms with Gasteiger partial charge < -0.3 is 0 Å². The number of hydrogen-bond donors (Lipinski definition) is 0. The van der Waals surface area contributed by atoms with E-state index < -0.39 is 0 Å². The predicted molar refractivity (Wildman–Crippen MR) is 76.5 cm³/mol. The van der Waals surface area contributed by atoms with E-state index >= 15 is 0 Å². The van der Waals surface area contributed by atoms with E-state index in [1.165, 1.54) is 17.0 Å². The van der Waals surface area contributed by atoms with Crippen LogP contribution < -0.4 is 5.56 Å². The van der Waals surface area contributed by atoms with Crippen molar-refractivity contribution in [3.63, 3.8) is 0 Å². The summed E-state index contributed by atoms with van der Waals surface area (Å²) < 4.78 is 15.0. The summed E-state index contributed by atoms with van der Waals surface area (Å²) in [5, 5.41) is 0.990. The molecule has 0 atom stereocenters. The number of halogens is 2. The highest BCUT2D eigenvalue weighted by molar-refractivity contribution is 6.31. The fourth-order valence-corrected chi connectivity index (χ4v) is 2.22. The van der Waals surface area contributed by atoms with Crippen LogP contribution >= 0.6 is 11.6 Å². The van der Waals surface area contributed by atoms with Crippen molar-refractivity contribution in [1.82, 2.24) is 9.55 Å². The Balaban J connectivity index is 2.09. The summed E-state index contributed by atoms with van der Waals surface area (Å²) in [7, 11) is 0. The van der Waals surface area contributed by atoms with E-state index in [0.717, 1.165) is 0 Å². The van der Waals surface area contributed by atoms with Gasteiger partial charge in [0.15, 0.2) is 0 Å². The Kier molecular flexibility index (Phi) is 3.24. The molecule has 0 fully saturated rings. The molecule has 0 aliphatic rings. The molecule has 3 aromatic rings. The van der Waals surface area contributed by atoms with Crippen molar-refractivity contribution in [2.45, 2.75) is 6.54 Å². The summed E-state index contributed by atoms with van der Waals surface area (Å²) in [5.41, 5.74) is 0.770. The predicted octanol–water partition coefficient (Wildman–Crippen LogP) is 3.24. The van der Waals surface area contributed by atoms with E-state index in [4.69, 9.17) is 11.6 Å². The van der Waals surface area contributed by atoms with E-state index in [9.17, 15) is 9.18 Å². The fourth-order valence-electron chi connectivity index (χ4n) is 2.05. The molecule has 5 heteroatoms. The first-order chi connectivity index (χ1) is 9.65. The lowest BCUT2D eigenvalue weighted by Crippen LogP contribution is -2.21. The average molecular weight is 289 g/mol. The number of nitrogens with zero attached hydrogens (tertiary/aromatic N) is 2. The molecule has 1 aromatic heterocycles. The number of fused-ring (bicyclic) bond motifs is 1. The Bertz CT molecular complexity index is 845. The molecule has 0 aliphatic heterocycles. The zero-order chi connectivity index (χ0) is 14.1. The molecule has 0 spiro atoms. The van der Waals surface area contributed by atoms with Gasteiger partial charge in [0.05, 0.1) is 23.8 Å². The standard InChI is InChI=1S/C15H10ClFN2O/c16-11-5-6-12-14(7-11)18-9-19(15(12)20)8-10-3-1-2-4-13(10)17/h1-7,9H,8H2. The highest BCUT2D eigenvalue weighted by Gasteiger charge is 2.07. The quantitative estimate of drug-likeness (QED) is 0.725. The van der Waals surface area contributed by atoms with Crippen LogP contribution in [0, 0.1) is 5.82 Å². The van der Waals surface area contributed by atoms with Crippen LogP contribution in [0.25, 0.3) is 10.9 Å². The first-order valence-electron chi connectivity index (χ1n) is 6.03. The van der Waals surface area contributed by atoms with Crippen molar-refractivity contribution in [3.05, 3.63) is 75.5 Å². The van der Waals surface area contributed by atoms with Gasteiger partial charge in [-0.15, -0.1) is 0 Å². The number of hydrogen-bond acceptors (Lipinski definition) is 2. The van der Waals surface area contributed by atoms with Gasteiger partial charge in [0.2, 0.25) is 0 Å². The van der Waals surface area contributed by atoms with Crippen molar-refractivity contribution in [1.29, 1.82) is 0 Å². The molecule has 0 saturated carbocycles. The minimum atomic E-state index is -0.337. The lowest BCUT2D eigenvalue weighted by Gasteiger charge is -2.07. The third kappa shape index (κ3) is 2.30. The van der Waals surface area contributed by atoms with Crippen LogP contribution in [-0.2, 0) is 6.54 Å². The van der Waals surface area contributed by atoms with E-state index in [1.54, 1.807) is 36.4 Å². The smallest absolute Gasteiger partial charge is 0.261 e. The Labute approximate surface area is 119 Å². The Morgan fingerprint density at radius 3 is 2.80 bits per heavy atom. The van der Waals surface area contributed by atoms with E-state index in [-0.39, 0.29) is 17.9 Å². The topological polar surface area (TPSA) is 34.9 Å². The SMILES string of the molecule is O=c1c2ccc(Cl)cc2ncn1Cc1ccccc1F. The van der Waals surface area contributed by atoms with E-state index in [2.05, 4.69) is 4.98 Å². The molecule has 0 amide bonds. The van der Waals surface area contributed by atoms with Crippen LogP contribution in [0.4, 0.5) is 4.39 Å². The zero-order valence-electron chi connectivity index (χ0n) is 10.4. The van der Waals surface area contributed by atoms with Crippen LogP contribution in [0.3, 0.4) is 0 Å². The van der Waals surface area contributed by atoms with Crippen molar-refractivity contribution in [2.24, 2.45) is 0 Å². The zero-order valence-corrected chi connectivity index (χ0v) is 11.1. The van der Waals surface area contributed by atoms with Crippen molar-refractivity contribution in [2.75, 3.05) is 0 Å².